The van der Waals surface area contributed by atoms with Crippen molar-refractivity contribution in [2.45, 2.75) is 43.7 Å². The zero-order valence-corrected chi connectivity index (χ0v) is 10.1. The summed E-state index contributed by atoms with van der Waals surface area (Å²) in [6.07, 6.45) is -2.36. The maximum atomic E-state index is 12.3. The van der Waals surface area contributed by atoms with E-state index in [0.29, 0.717) is 25.7 Å². The van der Waals surface area contributed by atoms with Crippen molar-refractivity contribution in [2.24, 2.45) is 5.92 Å². The van der Waals surface area contributed by atoms with E-state index in [1.54, 1.807) is 0 Å². The second-order valence-corrected chi connectivity index (χ2v) is 5.62. The number of hydrogen-bond acceptors (Lipinski definition) is 4. The van der Waals surface area contributed by atoms with Gasteiger partial charge < -0.3 is 4.74 Å². The lowest BCUT2D eigenvalue weighted by Gasteiger charge is -2.23. The predicted molar refractivity (Wildman–Crippen MR) is 54.1 cm³/mol. The summed E-state index contributed by atoms with van der Waals surface area (Å²) in [4.78, 5) is 11.4. The van der Waals surface area contributed by atoms with E-state index >= 15 is 0 Å². The second-order valence-electron chi connectivity index (χ2n) is 4.16. The topological polar surface area (TPSA) is 80.7 Å². The summed E-state index contributed by atoms with van der Waals surface area (Å²) in [6.45, 7) is 0. The van der Waals surface area contributed by atoms with E-state index in [1.807, 2.05) is 0 Å². The molecule has 0 saturated heterocycles. The van der Waals surface area contributed by atoms with Gasteiger partial charge in [0.15, 0.2) is 0 Å². The molecule has 1 saturated carbocycles. The molecule has 1 fully saturated rings. The van der Waals surface area contributed by atoms with Crippen LogP contribution in [-0.4, -0.2) is 30.6 Å². The van der Waals surface area contributed by atoms with E-state index in [1.165, 1.54) is 0 Å². The lowest BCUT2D eigenvalue weighted by atomic mass is 9.89. The Morgan fingerprint density at radius 1 is 1.22 bits per heavy atom. The molecular formula is C9H13F3O5S. The smallest absolute Gasteiger partial charge is 0.433 e. The largest absolute Gasteiger partial charge is 0.443 e. The van der Waals surface area contributed by atoms with Crippen molar-refractivity contribution in [2.75, 3.05) is 0 Å². The zero-order chi connectivity index (χ0) is 14.0. The van der Waals surface area contributed by atoms with Crippen LogP contribution in [0.15, 0.2) is 0 Å². The molecule has 18 heavy (non-hydrogen) atoms. The van der Waals surface area contributed by atoms with Crippen molar-refractivity contribution in [1.82, 2.24) is 0 Å². The van der Waals surface area contributed by atoms with Gasteiger partial charge in [0, 0.05) is 0 Å². The minimum Gasteiger partial charge on any atom is -0.433 e. The SMILES string of the molecule is O=C(OC(C(F)(F)F)S(=O)(=O)O)C1CCCCC1. The van der Waals surface area contributed by atoms with E-state index in [-0.39, 0.29) is 0 Å². The van der Waals surface area contributed by atoms with Crippen molar-refractivity contribution in [3.8, 4) is 0 Å². The Balaban J connectivity index is 2.75. The van der Waals surface area contributed by atoms with Crippen LogP contribution in [0.1, 0.15) is 32.1 Å². The first kappa shape index (κ1) is 15.2. The van der Waals surface area contributed by atoms with Gasteiger partial charge in [0.05, 0.1) is 5.92 Å². The standard InChI is InChI=1S/C9H13F3O5S/c10-9(11,12)8(18(14,15)16)17-7(13)6-4-2-1-3-5-6/h6,8H,1-5H2,(H,14,15,16). The number of carbonyl (C=O) groups is 1. The van der Waals surface area contributed by atoms with Crippen LogP contribution in [0, 0.1) is 5.92 Å². The average Bonchev–Trinajstić information content (AvgIpc) is 2.23. The Morgan fingerprint density at radius 2 is 1.72 bits per heavy atom. The molecule has 0 amide bonds. The van der Waals surface area contributed by atoms with Gasteiger partial charge in [-0.2, -0.15) is 21.6 Å². The summed E-state index contributed by atoms with van der Waals surface area (Å²) >= 11 is 0. The molecule has 0 radical (unpaired) electrons. The van der Waals surface area contributed by atoms with Crippen molar-refractivity contribution in [3.05, 3.63) is 0 Å². The Bertz CT molecular complexity index is 397. The average molecular weight is 290 g/mol. The summed E-state index contributed by atoms with van der Waals surface area (Å²) in [7, 11) is -5.52. The number of esters is 1. The highest BCUT2D eigenvalue weighted by molar-refractivity contribution is 7.86. The minimum atomic E-state index is -5.52. The fourth-order valence-electron chi connectivity index (χ4n) is 1.84. The molecule has 0 heterocycles. The Morgan fingerprint density at radius 3 is 2.11 bits per heavy atom. The van der Waals surface area contributed by atoms with Gasteiger partial charge in [-0.3, -0.25) is 9.35 Å². The third-order valence-corrected chi connectivity index (χ3v) is 3.60. The van der Waals surface area contributed by atoms with E-state index in [9.17, 15) is 26.4 Å². The first-order chi connectivity index (χ1) is 8.12. The number of alkyl halides is 3. The number of halogens is 3. The molecule has 1 unspecified atom stereocenters. The molecule has 0 aromatic carbocycles. The maximum absolute atomic E-state index is 12.3. The van der Waals surface area contributed by atoms with Crippen LogP contribution in [0.5, 0.6) is 0 Å². The van der Waals surface area contributed by atoms with Crippen LogP contribution in [0.2, 0.25) is 0 Å². The molecule has 0 aromatic rings. The fourth-order valence-corrected chi connectivity index (χ4v) is 2.39. The second kappa shape index (κ2) is 5.43. The number of carbonyl (C=O) groups excluding carboxylic acids is 1. The van der Waals surface area contributed by atoms with Gasteiger partial charge in [-0.15, -0.1) is 0 Å². The summed E-state index contributed by atoms with van der Waals surface area (Å²) in [5, 5.41) is 0. The molecule has 1 N–H and O–H groups in total. The van der Waals surface area contributed by atoms with Crippen LogP contribution >= 0.6 is 0 Å². The van der Waals surface area contributed by atoms with Gasteiger partial charge in [-0.25, -0.2) is 0 Å². The highest BCUT2D eigenvalue weighted by atomic mass is 32.2. The van der Waals surface area contributed by atoms with Crippen LogP contribution < -0.4 is 0 Å². The molecule has 106 valence electrons. The molecule has 0 aliphatic heterocycles. The van der Waals surface area contributed by atoms with Crippen molar-refractivity contribution >= 4 is 16.1 Å². The third-order valence-electron chi connectivity index (χ3n) is 2.70. The van der Waals surface area contributed by atoms with Crippen molar-refractivity contribution < 1.29 is 35.7 Å². The van der Waals surface area contributed by atoms with Crippen LogP contribution in [0.4, 0.5) is 13.2 Å². The zero-order valence-electron chi connectivity index (χ0n) is 9.31. The van der Waals surface area contributed by atoms with Crippen LogP contribution in [0.3, 0.4) is 0 Å². The summed E-state index contributed by atoms with van der Waals surface area (Å²) in [5.74, 6) is -1.96. The molecule has 1 rings (SSSR count). The van der Waals surface area contributed by atoms with Crippen molar-refractivity contribution in [1.29, 1.82) is 0 Å². The van der Waals surface area contributed by atoms with Gasteiger partial charge in [0.25, 0.3) is 0 Å². The van der Waals surface area contributed by atoms with Gasteiger partial charge in [0.1, 0.15) is 0 Å². The molecule has 0 aromatic heterocycles. The van der Waals surface area contributed by atoms with Gasteiger partial charge in [0.2, 0.25) is 0 Å². The molecule has 1 aliphatic rings. The highest BCUT2D eigenvalue weighted by Crippen LogP contribution is 2.30. The van der Waals surface area contributed by atoms with E-state index in [0.717, 1.165) is 6.42 Å². The highest BCUT2D eigenvalue weighted by Gasteiger charge is 2.52. The predicted octanol–water partition coefficient (Wildman–Crippen LogP) is 1.89. The van der Waals surface area contributed by atoms with Gasteiger partial charge >= 0.3 is 27.7 Å². The minimum absolute atomic E-state index is 0.370. The van der Waals surface area contributed by atoms with E-state index in [2.05, 4.69) is 4.74 Å². The molecule has 1 aliphatic carbocycles. The quantitative estimate of drug-likeness (QED) is 0.634. The molecule has 9 heteroatoms. The van der Waals surface area contributed by atoms with Crippen LogP contribution in [-0.2, 0) is 19.6 Å². The fraction of sp³-hybridized carbons (Fsp3) is 0.889. The normalized spacial score (nSPS) is 20.4. The van der Waals surface area contributed by atoms with Gasteiger partial charge in [-0.05, 0) is 12.8 Å². The number of ether oxygens (including phenoxy) is 1. The molecular weight excluding hydrogens is 277 g/mol. The van der Waals surface area contributed by atoms with E-state index < -0.39 is 33.6 Å². The maximum Gasteiger partial charge on any atom is 0.443 e. The Labute approximate surface area is 102 Å². The lowest BCUT2D eigenvalue weighted by molar-refractivity contribution is -0.203. The van der Waals surface area contributed by atoms with Crippen molar-refractivity contribution in [3.63, 3.8) is 0 Å². The molecule has 1 atom stereocenters. The summed E-state index contributed by atoms with van der Waals surface area (Å²) in [6, 6.07) is 0. The number of rotatable bonds is 3. The van der Waals surface area contributed by atoms with Gasteiger partial charge in [-0.1, -0.05) is 19.3 Å². The first-order valence-corrected chi connectivity index (χ1v) is 6.86. The van der Waals surface area contributed by atoms with Crippen LogP contribution in [0.25, 0.3) is 0 Å². The third kappa shape index (κ3) is 4.13. The number of hydrogen-bond donors (Lipinski definition) is 1. The Hall–Kier alpha value is -0.830. The molecule has 5 nitrogen and oxygen atoms in total. The summed E-state index contributed by atoms with van der Waals surface area (Å²) < 4.78 is 70.4. The summed E-state index contributed by atoms with van der Waals surface area (Å²) in [5.41, 5.74) is -3.50. The van der Waals surface area contributed by atoms with E-state index in [4.69, 9.17) is 4.55 Å². The molecule has 0 spiro atoms. The lowest BCUT2D eigenvalue weighted by Crippen LogP contribution is -2.41. The Kier molecular flexibility index (Phi) is 4.60. The molecule has 0 bridgehead atoms. The monoisotopic (exact) mass is 290 g/mol. The first-order valence-electron chi connectivity index (χ1n) is 5.36.